The summed E-state index contributed by atoms with van der Waals surface area (Å²) >= 11 is 0. The van der Waals surface area contributed by atoms with Gasteiger partial charge in [-0.15, -0.1) is 0 Å². The standard InChI is InChI=1S/C17H19F6NO2/c1-2-15(17(21,22)23,24-8-6-11(7-9-24)14(25)26)12-4-3-5-13(10-12)16(18,19)20/h3-5,10-11H,2,6-9H2,1H3,(H,25,26). The molecule has 0 amide bonds. The Hall–Kier alpha value is -1.77. The maximum atomic E-state index is 14.1. The summed E-state index contributed by atoms with van der Waals surface area (Å²) in [7, 11) is 0. The molecule has 0 radical (unpaired) electrons. The Morgan fingerprint density at radius 1 is 1.12 bits per heavy atom. The third-order valence-corrected chi connectivity index (χ3v) is 5.03. The average Bonchev–Trinajstić information content (AvgIpc) is 2.54. The molecule has 1 heterocycles. The maximum Gasteiger partial charge on any atom is 0.416 e. The van der Waals surface area contributed by atoms with Crippen molar-refractivity contribution in [3.8, 4) is 0 Å². The van der Waals surface area contributed by atoms with E-state index in [4.69, 9.17) is 5.11 Å². The molecule has 0 spiro atoms. The van der Waals surface area contributed by atoms with Crippen LogP contribution in [0.1, 0.15) is 37.3 Å². The second-order valence-corrected chi connectivity index (χ2v) is 6.39. The number of benzene rings is 1. The zero-order valence-electron chi connectivity index (χ0n) is 14.0. The lowest BCUT2D eigenvalue weighted by molar-refractivity contribution is -0.244. The number of carboxylic acids is 1. The molecule has 1 atom stereocenters. The quantitative estimate of drug-likeness (QED) is 0.769. The van der Waals surface area contributed by atoms with Gasteiger partial charge in [-0.05, 0) is 37.0 Å². The third-order valence-electron chi connectivity index (χ3n) is 5.03. The molecule has 1 saturated heterocycles. The lowest BCUT2D eigenvalue weighted by Gasteiger charge is -2.47. The number of aliphatic carboxylic acids is 1. The molecule has 3 nitrogen and oxygen atoms in total. The number of hydrogen-bond acceptors (Lipinski definition) is 2. The minimum Gasteiger partial charge on any atom is -0.481 e. The van der Waals surface area contributed by atoms with Gasteiger partial charge in [0.25, 0.3) is 0 Å². The average molecular weight is 383 g/mol. The van der Waals surface area contributed by atoms with Crippen molar-refractivity contribution in [1.29, 1.82) is 0 Å². The maximum absolute atomic E-state index is 14.1. The molecule has 0 saturated carbocycles. The number of rotatable bonds is 4. The highest BCUT2D eigenvalue weighted by atomic mass is 19.4. The Kier molecular flexibility index (Phi) is 5.60. The molecule has 1 aliphatic heterocycles. The van der Waals surface area contributed by atoms with Gasteiger partial charge in [0.05, 0.1) is 11.5 Å². The molecule has 2 rings (SSSR count). The molecule has 1 unspecified atom stereocenters. The SMILES string of the molecule is CCC(c1cccc(C(F)(F)F)c1)(N1CCC(C(=O)O)CC1)C(F)(F)F. The fourth-order valence-corrected chi connectivity index (χ4v) is 3.61. The van der Waals surface area contributed by atoms with Crippen molar-refractivity contribution in [2.45, 2.75) is 44.1 Å². The van der Waals surface area contributed by atoms with E-state index in [1.807, 2.05) is 0 Å². The van der Waals surface area contributed by atoms with Crippen LogP contribution >= 0.6 is 0 Å². The lowest BCUT2D eigenvalue weighted by Crippen LogP contribution is -2.58. The van der Waals surface area contributed by atoms with Crippen molar-refractivity contribution in [3.63, 3.8) is 0 Å². The van der Waals surface area contributed by atoms with E-state index in [1.165, 1.54) is 6.92 Å². The van der Waals surface area contributed by atoms with Crippen molar-refractivity contribution in [1.82, 2.24) is 4.90 Å². The van der Waals surface area contributed by atoms with Crippen molar-refractivity contribution in [2.24, 2.45) is 5.92 Å². The minimum atomic E-state index is -4.82. The number of hydrogen-bond donors (Lipinski definition) is 1. The highest BCUT2D eigenvalue weighted by Crippen LogP contribution is 2.48. The first kappa shape index (κ1) is 20.5. The smallest absolute Gasteiger partial charge is 0.416 e. The molecule has 1 aromatic carbocycles. The summed E-state index contributed by atoms with van der Waals surface area (Å²) in [6, 6.07) is 3.30. The number of nitrogens with zero attached hydrogens (tertiary/aromatic N) is 1. The molecular weight excluding hydrogens is 364 g/mol. The van der Waals surface area contributed by atoms with Gasteiger partial charge in [0.1, 0.15) is 5.54 Å². The molecule has 1 aliphatic rings. The van der Waals surface area contributed by atoms with Crippen LogP contribution in [0.2, 0.25) is 0 Å². The highest BCUT2D eigenvalue weighted by Gasteiger charge is 2.59. The predicted octanol–water partition coefficient (Wildman–Crippen LogP) is 4.67. The molecule has 146 valence electrons. The van der Waals surface area contributed by atoms with Gasteiger partial charge in [0.15, 0.2) is 0 Å². The first-order valence-corrected chi connectivity index (χ1v) is 8.15. The van der Waals surface area contributed by atoms with Gasteiger partial charge in [-0.2, -0.15) is 26.3 Å². The second-order valence-electron chi connectivity index (χ2n) is 6.39. The van der Waals surface area contributed by atoms with Crippen LogP contribution in [-0.4, -0.2) is 35.2 Å². The molecule has 26 heavy (non-hydrogen) atoms. The van der Waals surface area contributed by atoms with E-state index in [9.17, 15) is 31.1 Å². The van der Waals surface area contributed by atoms with Crippen molar-refractivity contribution in [2.75, 3.05) is 13.1 Å². The largest absolute Gasteiger partial charge is 0.481 e. The number of likely N-dealkylation sites (tertiary alicyclic amines) is 1. The van der Waals surface area contributed by atoms with E-state index < -0.39 is 47.3 Å². The van der Waals surface area contributed by atoms with Crippen LogP contribution in [0.5, 0.6) is 0 Å². The topological polar surface area (TPSA) is 40.5 Å². The van der Waals surface area contributed by atoms with E-state index in [0.717, 1.165) is 23.1 Å². The van der Waals surface area contributed by atoms with E-state index in [1.54, 1.807) is 0 Å². The van der Waals surface area contributed by atoms with E-state index >= 15 is 0 Å². The minimum absolute atomic E-state index is 0.0200. The van der Waals surface area contributed by atoms with Gasteiger partial charge in [0, 0.05) is 13.1 Å². The van der Waals surface area contributed by atoms with Gasteiger partial charge in [0.2, 0.25) is 0 Å². The molecule has 1 fully saturated rings. The highest BCUT2D eigenvalue weighted by molar-refractivity contribution is 5.70. The summed E-state index contributed by atoms with van der Waals surface area (Å²) in [5.41, 5.74) is -4.20. The lowest BCUT2D eigenvalue weighted by atomic mass is 9.81. The van der Waals surface area contributed by atoms with E-state index in [2.05, 4.69) is 0 Å². The monoisotopic (exact) mass is 383 g/mol. The number of alkyl halides is 6. The van der Waals surface area contributed by atoms with Gasteiger partial charge >= 0.3 is 18.3 Å². The Bertz CT molecular complexity index is 649. The molecular formula is C17H19F6NO2. The molecule has 0 aliphatic carbocycles. The number of halogens is 6. The molecule has 1 N–H and O–H groups in total. The zero-order valence-corrected chi connectivity index (χ0v) is 14.0. The summed E-state index contributed by atoms with van der Waals surface area (Å²) in [4.78, 5) is 12.1. The number of carboxylic acid groups (broad SMARTS) is 1. The summed E-state index contributed by atoms with van der Waals surface area (Å²) < 4.78 is 81.2. The molecule has 9 heteroatoms. The number of carbonyl (C=O) groups is 1. The van der Waals surface area contributed by atoms with Gasteiger partial charge in [-0.1, -0.05) is 19.1 Å². The summed E-state index contributed by atoms with van der Waals surface area (Å²) in [5.74, 6) is -1.81. The van der Waals surface area contributed by atoms with Gasteiger partial charge in [-0.3, -0.25) is 9.69 Å². The zero-order chi connectivity index (χ0) is 19.8. The van der Waals surface area contributed by atoms with E-state index in [-0.39, 0.29) is 25.9 Å². The molecule has 0 aromatic heterocycles. The van der Waals surface area contributed by atoms with E-state index in [0.29, 0.717) is 6.07 Å². The summed E-state index contributed by atoms with van der Waals surface area (Å²) in [6.45, 7) is 0.970. The van der Waals surface area contributed by atoms with Gasteiger partial charge < -0.3 is 5.11 Å². The van der Waals surface area contributed by atoms with Crippen LogP contribution in [0.3, 0.4) is 0 Å². The fraction of sp³-hybridized carbons (Fsp3) is 0.588. The molecule has 0 bridgehead atoms. The van der Waals surface area contributed by atoms with Crippen LogP contribution in [0.25, 0.3) is 0 Å². The van der Waals surface area contributed by atoms with Gasteiger partial charge in [-0.25, -0.2) is 0 Å². The fourth-order valence-electron chi connectivity index (χ4n) is 3.61. The van der Waals surface area contributed by atoms with Crippen LogP contribution in [0.4, 0.5) is 26.3 Å². The normalized spacial score (nSPS) is 20.0. The Morgan fingerprint density at radius 3 is 2.08 bits per heavy atom. The summed E-state index contributed by atoms with van der Waals surface area (Å²) in [5, 5.41) is 9.02. The molecule has 1 aromatic rings. The van der Waals surface area contributed by atoms with Crippen molar-refractivity contribution in [3.05, 3.63) is 35.4 Å². The van der Waals surface area contributed by atoms with Crippen molar-refractivity contribution >= 4 is 5.97 Å². The first-order valence-electron chi connectivity index (χ1n) is 8.15. The summed E-state index contributed by atoms with van der Waals surface area (Å²) in [6.07, 6.45) is -10.0. The predicted molar refractivity (Wildman–Crippen MR) is 81.4 cm³/mol. The second kappa shape index (κ2) is 7.09. The Morgan fingerprint density at radius 2 is 1.65 bits per heavy atom. The van der Waals surface area contributed by atoms with Crippen LogP contribution in [0, 0.1) is 5.92 Å². The van der Waals surface area contributed by atoms with Crippen LogP contribution in [-0.2, 0) is 16.5 Å². The first-order chi connectivity index (χ1) is 11.9. The van der Waals surface area contributed by atoms with Crippen LogP contribution in [0.15, 0.2) is 24.3 Å². The van der Waals surface area contributed by atoms with Crippen molar-refractivity contribution < 1.29 is 36.2 Å². The Balaban J connectivity index is 2.49. The van der Waals surface area contributed by atoms with Crippen LogP contribution < -0.4 is 0 Å². The number of piperidine rings is 1. The third kappa shape index (κ3) is 3.67. The Labute approximate surface area is 146 Å².